The number of rotatable bonds is 6. The van der Waals surface area contributed by atoms with Crippen LogP contribution in [-0.4, -0.2) is 37.2 Å². The number of hydrogen-bond acceptors (Lipinski definition) is 3. The third-order valence-corrected chi connectivity index (χ3v) is 4.09. The van der Waals surface area contributed by atoms with Crippen molar-refractivity contribution in [2.45, 2.75) is 46.1 Å². The van der Waals surface area contributed by atoms with Crippen LogP contribution in [0, 0.1) is 5.92 Å². The molecule has 0 spiro atoms. The molecule has 3 nitrogen and oxygen atoms in total. The first-order chi connectivity index (χ1) is 10.2. The zero-order valence-corrected chi connectivity index (χ0v) is 13.8. The maximum Gasteiger partial charge on any atom is 0.142 e. The number of anilines is 1. The van der Waals surface area contributed by atoms with E-state index in [-0.39, 0.29) is 0 Å². The second-order valence-electron chi connectivity index (χ2n) is 6.41. The standard InChI is InChI=1S/C18H30N2O/c1-4-20-12-7-8-16(11-13-20)19-17-9-5-6-10-18(17)21-14-15(2)3/h5-6,9-10,15-16,19H,4,7-8,11-14H2,1-3H3. The molecule has 1 aliphatic rings. The average Bonchev–Trinajstić information content (AvgIpc) is 2.71. The summed E-state index contributed by atoms with van der Waals surface area (Å²) in [5, 5.41) is 3.71. The van der Waals surface area contributed by atoms with Crippen LogP contribution in [0.2, 0.25) is 0 Å². The summed E-state index contributed by atoms with van der Waals surface area (Å²) in [6.07, 6.45) is 3.74. The van der Waals surface area contributed by atoms with E-state index in [9.17, 15) is 0 Å². The van der Waals surface area contributed by atoms with Crippen molar-refractivity contribution >= 4 is 5.69 Å². The zero-order valence-electron chi connectivity index (χ0n) is 13.8. The Kier molecular flexibility index (Phi) is 6.37. The minimum atomic E-state index is 0.550. The number of nitrogens with one attached hydrogen (secondary N) is 1. The maximum atomic E-state index is 5.94. The Balaban J connectivity index is 1.95. The predicted octanol–water partition coefficient (Wildman–Crippen LogP) is 4.01. The molecule has 1 saturated heterocycles. The van der Waals surface area contributed by atoms with Gasteiger partial charge in [-0.25, -0.2) is 0 Å². The van der Waals surface area contributed by atoms with Crippen LogP contribution in [0.25, 0.3) is 0 Å². The highest BCUT2D eigenvalue weighted by Gasteiger charge is 2.17. The number of benzene rings is 1. The van der Waals surface area contributed by atoms with Gasteiger partial charge in [0.2, 0.25) is 0 Å². The lowest BCUT2D eigenvalue weighted by Gasteiger charge is -2.21. The van der Waals surface area contributed by atoms with Gasteiger partial charge in [-0.1, -0.05) is 32.9 Å². The second-order valence-corrected chi connectivity index (χ2v) is 6.41. The Labute approximate surface area is 129 Å². The summed E-state index contributed by atoms with van der Waals surface area (Å²) in [6.45, 7) is 11.0. The number of ether oxygens (including phenoxy) is 1. The van der Waals surface area contributed by atoms with Gasteiger partial charge in [-0.05, 0) is 50.4 Å². The SMILES string of the molecule is CCN1CCCC(Nc2ccccc2OCC(C)C)CC1. The largest absolute Gasteiger partial charge is 0.491 e. The Bertz CT molecular complexity index is 419. The normalized spacial score (nSPS) is 20.3. The van der Waals surface area contributed by atoms with E-state index in [0.29, 0.717) is 12.0 Å². The molecule has 1 N–H and O–H groups in total. The maximum absolute atomic E-state index is 5.94. The highest BCUT2D eigenvalue weighted by Crippen LogP contribution is 2.27. The van der Waals surface area contributed by atoms with Gasteiger partial charge in [-0.15, -0.1) is 0 Å². The average molecular weight is 290 g/mol. The lowest BCUT2D eigenvalue weighted by Crippen LogP contribution is -2.26. The molecule has 0 bridgehead atoms. The van der Waals surface area contributed by atoms with Crippen molar-refractivity contribution < 1.29 is 4.74 Å². The van der Waals surface area contributed by atoms with Crippen LogP contribution < -0.4 is 10.1 Å². The molecule has 1 aliphatic heterocycles. The minimum absolute atomic E-state index is 0.550. The Morgan fingerprint density at radius 3 is 2.81 bits per heavy atom. The van der Waals surface area contributed by atoms with Gasteiger partial charge in [0.15, 0.2) is 0 Å². The Hall–Kier alpha value is -1.22. The summed E-state index contributed by atoms with van der Waals surface area (Å²) in [5.41, 5.74) is 1.15. The molecule has 0 aliphatic carbocycles. The molecule has 2 rings (SSSR count). The number of nitrogens with zero attached hydrogens (tertiary/aromatic N) is 1. The summed E-state index contributed by atoms with van der Waals surface area (Å²) < 4.78 is 5.94. The summed E-state index contributed by atoms with van der Waals surface area (Å²) in [6, 6.07) is 8.90. The predicted molar refractivity (Wildman–Crippen MR) is 90.2 cm³/mol. The van der Waals surface area contributed by atoms with E-state index in [1.807, 2.05) is 6.07 Å². The Morgan fingerprint density at radius 2 is 2.05 bits per heavy atom. The van der Waals surface area contributed by atoms with Crippen molar-refractivity contribution in [3.8, 4) is 5.75 Å². The molecular weight excluding hydrogens is 260 g/mol. The number of hydrogen-bond donors (Lipinski definition) is 1. The second kappa shape index (κ2) is 8.28. The molecule has 118 valence electrons. The fourth-order valence-electron chi connectivity index (χ4n) is 2.80. The first-order valence-electron chi connectivity index (χ1n) is 8.39. The molecular formula is C18H30N2O. The molecule has 1 aromatic rings. The lowest BCUT2D eigenvalue weighted by atomic mass is 10.1. The summed E-state index contributed by atoms with van der Waals surface area (Å²) >= 11 is 0. The summed E-state index contributed by atoms with van der Waals surface area (Å²) in [7, 11) is 0. The molecule has 3 heteroatoms. The first-order valence-corrected chi connectivity index (χ1v) is 8.39. The highest BCUT2D eigenvalue weighted by molar-refractivity contribution is 5.56. The molecule has 1 fully saturated rings. The van der Waals surface area contributed by atoms with Crippen molar-refractivity contribution in [1.29, 1.82) is 0 Å². The molecule has 0 aromatic heterocycles. The zero-order chi connectivity index (χ0) is 15.1. The number of para-hydroxylation sites is 2. The quantitative estimate of drug-likeness (QED) is 0.857. The molecule has 0 amide bonds. The van der Waals surface area contributed by atoms with Gasteiger partial charge in [0.25, 0.3) is 0 Å². The van der Waals surface area contributed by atoms with Crippen molar-refractivity contribution in [3.05, 3.63) is 24.3 Å². The molecule has 0 saturated carbocycles. The monoisotopic (exact) mass is 290 g/mol. The third-order valence-electron chi connectivity index (χ3n) is 4.09. The van der Waals surface area contributed by atoms with Gasteiger partial charge < -0.3 is 15.0 Å². The van der Waals surface area contributed by atoms with Crippen molar-refractivity contribution in [3.63, 3.8) is 0 Å². The minimum Gasteiger partial charge on any atom is -0.491 e. The van der Waals surface area contributed by atoms with Gasteiger partial charge in [-0.3, -0.25) is 0 Å². The smallest absolute Gasteiger partial charge is 0.142 e. The van der Waals surface area contributed by atoms with Crippen molar-refractivity contribution in [2.24, 2.45) is 5.92 Å². The van der Waals surface area contributed by atoms with E-state index in [4.69, 9.17) is 4.74 Å². The van der Waals surface area contributed by atoms with Gasteiger partial charge in [-0.2, -0.15) is 0 Å². The molecule has 1 aromatic carbocycles. The first kappa shape index (κ1) is 16.2. The van der Waals surface area contributed by atoms with E-state index in [1.165, 1.54) is 38.9 Å². The van der Waals surface area contributed by atoms with Crippen LogP contribution >= 0.6 is 0 Å². The molecule has 1 heterocycles. The third kappa shape index (κ3) is 5.24. The van der Waals surface area contributed by atoms with Crippen LogP contribution in [0.4, 0.5) is 5.69 Å². The van der Waals surface area contributed by atoms with Crippen LogP contribution in [0.15, 0.2) is 24.3 Å². The van der Waals surface area contributed by atoms with Gasteiger partial charge in [0, 0.05) is 12.6 Å². The van der Waals surface area contributed by atoms with Gasteiger partial charge >= 0.3 is 0 Å². The van der Waals surface area contributed by atoms with Gasteiger partial charge in [0.05, 0.1) is 12.3 Å². The number of likely N-dealkylation sites (tertiary alicyclic amines) is 1. The van der Waals surface area contributed by atoms with E-state index >= 15 is 0 Å². The highest BCUT2D eigenvalue weighted by atomic mass is 16.5. The van der Waals surface area contributed by atoms with Crippen molar-refractivity contribution in [1.82, 2.24) is 4.90 Å². The van der Waals surface area contributed by atoms with Gasteiger partial charge in [0.1, 0.15) is 5.75 Å². The van der Waals surface area contributed by atoms with Crippen LogP contribution in [-0.2, 0) is 0 Å². The van der Waals surface area contributed by atoms with Crippen molar-refractivity contribution in [2.75, 3.05) is 31.6 Å². The van der Waals surface area contributed by atoms with E-state index < -0.39 is 0 Å². The molecule has 1 atom stereocenters. The summed E-state index contributed by atoms with van der Waals surface area (Å²) in [4.78, 5) is 2.54. The molecule has 1 unspecified atom stereocenters. The van der Waals surface area contributed by atoms with E-state index in [2.05, 4.69) is 49.2 Å². The fourth-order valence-corrected chi connectivity index (χ4v) is 2.80. The Morgan fingerprint density at radius 1 is 1.24 bits per heavy atom. The fraction of sp³-hybridized carbons (Fsp3) is 0.667. The molecule has 0 radical (unpaired) electrons. The van der Waals surface area contributed by atoms with Crippen LogP contribution in [0.5, 0.6) is 5.75 Å². The van der Waals surface area contributed by atoms with E-state index in [1.54, 1.807) is 0 Å². The summed E-state index contributed by atoms with van der Waals surface area (Å²) in [5.74, 6) is 1.54. The molecule has 21 heavy (non-hydrogen) atoms. The lowest BCUT2D eigenvalue weighted by molar-refractivity contribution is 0.272. The topological polar surface area (TPSA) is 24.5 Å². The van der Waals surface area contributed by atoms with E-state index in [0.717, 1.165) is 18.0 Å². The van der Waals surface area contributed by atoms with Crippen LogP contribution in [0.1, 0.15) is 40.0 Å². The van der Waals surface area contributed by atoms with Crippen LogP contribution in [0.3, 0.4) is 0 Å².